The van der Waals surface area contributed by atoms with Crippen LogP contribution in [0.15, 0.2) is 36.0 Å². The Kier molecular flexibility index (Phi) is 4.88. The normalized spacial score (nSPS) is 15.1. The maximum atomic E-state index is 8.95. The number of benzene rings is 1. The lowest BCUT2D eigenvalue weighted by Gasteiger charge is -2.26. The predicted molar refractivity (Wildman–Crippen MR) is 97.8 cm³/mol. The lowest BCUT2D eigenvalue weighted by atomic mass is 9.98. The van der Waals surface area contributed by atoms with Crippen LogP contribution in [0.2, 0.25) is 0 Å². The lowest BCUT2D eigenvalue weighted by Crippen LogP contribution is -2.28. The summed E-state index contributed by atoms with van der Waals surface area (Å²) in [4.78, 5) is 6.68. The van der Waals surface area contributed by atoms with E-state index in [2.05, 4.69) is 39.2 Å². The van der Waals surface area contributed by atoms with Crippen LogP contribution in [0.25, 0.3) is 5.69 Å². The summed E-state index contributed by atoms with van der Waals surface area (Å²) in [6.07, 6.45) is 7.79. The smallest absolute Gasteiger partial charge is 0.179 e. The third kappa shape index (κ3) is 3.73. The number of likely N-dealkylation sites (tertiary alicyclic amines) is 1. The van der Waals surface area contributed by atoms with E-state index in [0.29, 0.717) is 5.92 Å². The standard InChI is InChI=1S/C18H19N7S/c19-12-24-9-7-15(8-10-24)18-21-16(11-26-18)4-1-14-2-5-17(6-3-14)25-13-20-22-23-25/h2-3,5-6,11,13,15H,1,4,7-10H2. The van der Waals surface area contributed by atoms with Crippen LogP contribution in [0.3, 0.4) is 0 Å². The van der Waals surface area contributed by atoms with Gasteiger partial charge in [-0.1, -0.05) is 12.1 Å². The second kappa shape index (κ2) is 7.62. The van der Waals surface area contributed by atoms with Crippen molar-refractivity contribution in [3.63, 3.8) is 0 Å². The molecule has 7 nitrogen and oxygen atoms in total. The molecule has 0 radical (unpaired) electrons. The number of rotatable bonds is 5. The van der Waals surface area contributed by atoms with E-state index >= 15 is 0 Å². The molecule has 26 heavy (non-hydrogen) atoms. The van der Waals surface area contributed by atoms with Crippen molar-refractivity contribution in [3.8, 4) is 11.9 Å². The van der Waals surface area contributed by atoms with Gasteiger partial charge in [0.1, 0.15) is 6.33 Å². The van der Waals surface area contributed by atoms with Gasteiger partial charge in [-0.2, -0.15) is 5.26 Å². The Morgan fingerprint density at radius 2 is 1.96 bits per heavy atom. The fourth-order valence-electron chi connectivity index (χ4n) is 3.22. The Morgan fingerprint density at radius 1 is 1.15 bits per heavy atom. The van der Waals surface area contributed by atoms with Gasteiger partial charge < -0.3 is 4.90 Å². The summed E-state index contributed by atoms with van der Waals surface area (Å²) in [5.74, 6) is 0.508. The molecule has 1 saturated heterocycles. The summed E-state index contributed by atoms with van der Waals surface area (Å²) in [6.45, 7) is 1.70. The highest BCUT2D eigenvalue weighted by atomic mass is 32.1. The molecule has 1 aliphatic rings. The van der Waals surface area contributed by atoms with Crippen molar-refractivity contribution in [1.82, 2.24) is 30.1 Å². The molecule has 0 N–H and O–H groups in total. The molecule has 132 valence electrons. The Morgan fingerprint density at radius 3 is 2.65 bits per heavy atom. The topological polar surface area (TPSA) is 83.5 Å². The average molecular weight is 365 g/mol. The van der Waals surface area contributed by atoms with Crippen molar-refractivity contribution >= 4 is 11.3 Å². The molecule has 0 bridgehead atoms. The van der Waals surface area contributed by atoms with Gasteiger partial charge in [0.2, 0.25) is 0 Å². The largest absolute Gasteiger partial charge is 0.311 e. The van der Waals surface area contributed by atoms with Crippen molar-refractivity contribution in [1.29, 1.82) is 5.26 Å². The van der Waals surface area contributed by atoms with Crippen LogP contribution in [0.5, 0.6) is 0 Å². The monoisotopic (exact) mass is 365 g/mol. The number of nitrogens with zero attached hydrogens (tertiary/aromatic N) is 7. The van der Waals surface area contributed by atoms with E-state index in [0.717, 1.165) is 50.2 Å². The molecular formula is C18H19N7S. The second-order valence-corrected chi connectivity index (χ2v) is 7.35. The van der Waals surface area contributed by atoms with Crippen LogP contribution in [-0.4, -0.2) is 43.2 Å². The van der Waals surface area contributed by atoms with E-state index in [4.69, 9.17) is 10.2 Å². The highest BCUT2D eigenvalue weighted by molar-refractivity contribution is 7.09. The molecule has 1 aliphatic heterocycles. The molecular weight excluding hydrogens is 346 g/mol. The summed E-state index contributed by atoms with van der Waals surface area (Å²) >= 11 is 1.76. The van der Waals surface area contributed by atoms with E-state index in [-0.39, 0.29) is 0 Å². The van der Waals surface area contributed by atoms with Crippen LogP contribution in [0.4, 0.5) is 0 Å². The van der Waals surface area contributed by atoms with Gasteiger partial charge in [-0.25, -0.2) is 9.67 Å². The number of piperidine rings is 1. The molecule has 1 fully saturated rings. The summed E-state index contributed by atoms with van der Waals surface area (Å²) < 4.78 is 1.65. The summed E-state index contributed by atoms with van der Waals surface area (Å²) in [7, 11) is 0. The molecule has 0 saturated carbocycles. The van der Waals surface area contributed by atoms with E-state index in [1.165, 1.54) is 10.6 Å². The van der Waals surface area contributed by atoms with Crippen molar-refractivity contribution in [2.24, 2.45) is 0 Å². The van der Waals surface area contributed by atoms with Gasteiger partial charge >= 0.3 is 0 Å². The van der Waals surface area contributed by atoms with Gasteiger partial charge in [-0.3, -0.25) is 0 Å². The fourth-order valence-corrected chi connectivity index (χ4v) is 4.24. The molecule has 0 atom stereocenters. The number of hydrogen-bond acceptors (Lipinski definition) is 7. The minimum Gasteiger partial charge on any atom is -0.311 e. The summed E-state index contributed by atoms with van der Waals surface area (Å²) in [6, 6.07) is 8.28. The van der Waals surface area contributed by atoms with Crippen molar-refractivity contribution in [2.75, 3.05) is 13.1 Å². The molecule has 4 rings (SSSR count). The molecule has 3 heterocycles. The van der Waals surface area contributed by atoms with Gasteiger partial charge in [0, 0.05) is 24.4 Å². The number of aryl methyl sites for hydroxylation is 2. The zero-order valence-electron chi connectivity index (χ0n) is 14.3. The van der Waals surface area contributed by atoms with Gasteiger partial charge in [0.05, 0.1) is 16.4 Å². The maximum absolute atomic E-state index is 8.95. The zero-order valence-corrected chi connectivity index (χ0v) is 15.1. The number of hydrogen-bond donors (Lipinski definition) is 0. The molecule has 0 unspecified atom stereocenters. The average Bonchev–Trinajstić information content (AvgIpc) is 3.39. The van der Waals surface area contributed by atoms with Gasteiger partial charge in [0.15, 0.2) is 6.19 Å². The maximum Gasteiger partial charge on any atom is 0.179 e. The fraction of sp³-hybridized carbons (Fsp3) is 0.389. The van der Waals surface area contributed by atoms with Crippen LogP contribution in [0, 0.1) is 11.5 Å². The van der Waals surface area contributed by atoms with Crippen LogP contribution in [-0.2, 0) is 12.8 Å². The van der Waals surface area contributed by atoms with Crippen molar-refractivity contribution < 1.29 is 0 Å². The predicted octanol–water partition coefficient (Wildman–Crippen LogP) is 2.56. The number of thiazole rings is 1. The third-order valence-corrected chi connectivity index (χ3v) is 5.83. The Hall–Kier alpha value is -2.79. The molecule has 0 amide bonds. The molecule has 3 aromatic rings. The molecule has 2 aromatic heterocycles. The Bertz CT molecular complexity index is 871. The SMILES string of the molecule is N#CN1CCC(c2nc(CCc3ccc(-n4cnnn4)cc3)cs2)CC1. The van der Waals surface area contributed by atoms with Crippen LogP contribution >= 0.6 is 11.3 Å². The quantitative estimate of drug-likeness (QED) is 0.646. The molecule has 1 aromatic carbocycles. The highest BCUT2D eigenvalue weighted by Gasteiger charge is 2.22. The molecule has 0 spiro atoms. The molecule has 0 aliphatic carbocycles. The second-order valence-electron chi connectivity index (χ2n) is 6.46. The first-order valence-electron chi connectivity index (χ1n) is 8.73. The summed E-state index contributed by atoms with van der Waals surface area (Å²) in [5, 5.41) is 23.6. The first-order chi connectivity index (χ1) is 12.8. The Labute approximate surface area is 155 Å². The molecule has 8 heteroatoms. The van der Waals surface area contributed by atoms with E-state index in [9.17, 15) is 0 Å². The number of nitriles is 1. The van der Waals surface area contributed by atoms with Crippen molar-refractivity contribution in [2.45, 2.75) is 31.6 Å². The first kappa shape index (κ1) is 16.7. The lowest BCUT2D eigenvalue weighted by molar-refractivity contribution is 0.295. The van der Waals surface area contributed by atoms with Crippen LogP contribution < -0.4 is 0 Å². The van der Waals surface area contributed by atoms with Crippen LogP contribution in [0.1, 0.15) is 35.0 Å². The van der Waals surface area contributed by atoms with Gasteiger partial charge in [-0.05, 0) is 53.8 Å². The minimum atomic E-state index is 0.508. The minimum absolute atomic E-state index is 0.508. The Balaban J connectivity index is 1.33. The van der Waals surface area contributed by atoms with Gasteiger partial charge in [0.25, 0.3) is 0 Å². The highest BCUT2D eigenvalue weighted by Crippen LogP contribution is 2.30. The first-order valence-corrected chi connectivity index (χ1v) is 9.61. The zero-order chi connectivity index (χ0) is 17.8. The van der Waals surface area contributed by atoms with Gasteiger partial charge in [-0.15, -0.1) is 16.4 Å². The number of tetrazole rings is 1. The van der Waals surface area contributed by atoms with Crippen molar-refractivity contribution in [3.05, 3.63) is 52.2 Å². The van der Waals surface area contributed by atoms with E-state index < -0.39 is 0 Å². The summed E-state index contributed by atoms with van der Waals surface area (Å²) in [5.41, 5.74) is 3.40. The van der Waals surface area contributed by atoms with E-state index in [1.54, 1.807) is 22.3 Å². The third-order valence-electron chi connectivity index (χ3n) is 4.77. The van der Waals surface area contributed by atoms with E-state index in [1.807, 2.05) is 17.0 Å². The number of aromatic nitrogens is 5.